The SMILES string of the molecule is CCN[C@H]1CO[C@@H](O[C@@H]2[C@@H](O)[C@H](ON[C@H]3C[C@H](O)[C@H](SC(=O)c4c(C)c(I)c(O[C@@H]5O[C@@H](C)[C@H](O)[C@@H](OC)[C@H]5O)c(OC)c4OC)[C@@H](C)O3)[C@@H](C)O[C@H]2O)C[C@@H]1OC. The highest BCUT2D eigenvalue weighted by atomic mass is 127. The Morgan fingerprint density at radius 2 is 1.55 bits per heavy atom. The van der Waals surface area contributed by atoms with Gasteiger partial charge in [0.1, 0.15) is 42.9 Å². The second-order valence-electron chi connectivity index (χ2n) is 14.7. The largest absolute Gasteiger partial charge is 0.492 e. The lowest BCUT2D eigenvalue weighted by molar-refractivity contribution is -0.339. The van der Waals surface area contributed by atoms with Crippen molar-refractivity contribution in [2.75, 3.05) is 41.6 Å². The van der Waals surface area contributed by atoms with Gasteiger partial charge in [-0.2, -0.15) is 5.48 Å². The molecule has 0 aliphatic carbocycles. The lowest BCUT2D eigenvalue weighted by Gasteiger charge is -2.44. The van der Waals surface area contributed by atoms with Crippen molar-refractivity contribution < 1.29 is 82.5 Å². The molecular formula is C37H59IN2O17S. The van der Waals surface area contributed by atoms with Gasteiger partial charge in [-0.15, -0.1) is 0 Å². The molecule has 5 rings (SSSR count). The van der Waals surface area contributed by atoms with Crippen molar-refractivity contribution in [1.82, 2.24) is 10.8 Å². The summed E-state index contributed by atoms with van der Waals surface area (Å²) in [4.78, 5) is 20.0. The summed E-state index contributed by atoms with van der Waals surface area (Å²) >= 11 is 2.89. The van der Waals surface area contributed by atoms with E-state index in [0.29, 0.717) is 22.2 Å². The first-order valence-electron chi connectivity index (χ1n) is 19.3. The van der Waals surface area contributed by atoms with Gasteiger partial charge in [0.25, 0.3) is 0 Å². The summed E-state index contributed by atoms with van der Waals surface area (Å²) in [6.07, 6.45) is -14.4. The number of hydrogen-bond acceptors (Lipinski definition) is 20. The molecule has 58 heavy (non-hydrogen) atoms. The van der Waals surface area contributed by atoms with Crippen LogP contribution in [0, 0.1) is 10.5 Å². The molecule has 4 heterocycles. The molecule has 1 aromatic rings. The monoisotopic (exact) mass is 962 g/mol. The molecule has 21 heteroatoms. The number of methoxy groups -OCH3 is 4. The molecule has 17 atom stereocenters. The molecule has 332 valence electrons. The van der Waals surface area contributed by atoms with E-state index < -0.39 is 96.5 Å². The Hall–Kier alpha value is -1.23. The van der Waals surface area contributed by atoms with Crippen LogP contribution >= 0.6 is 34.4 Å². The molecule has 0 radical (unpaired) electrons. The highest BCUT2D eigenvalue weighted by molar-refractivity contribution is 14.1. The minimum atomic E-state index is -1.46. The normalized spacial score (nSPS) is 39.6. The first kappa shape index (κ1) is 47.8. The maximum absolute atomic E-state index is 14.1. The van der Waals surface area contributed by atoms with Crippen LogP contribution in [0.15, 0.2) is 0 Å². The molecule has 0 bridgehead atoms. The Kier molecular flexibility index (Phi) is 17.5. The second-order valence-corrected chi connectivity index (χ2v) is 16.9. The van der Waals surface area contributed by atoms with Gasteiger partial charge < -0.3 is 78.2 Å². The number of benzene rings is 1. The number of hydrogen-bond donors (Lipinski definition) is 7. The van der Waals surface area contributed by atoms with Crippen molar-refractivity contribution in [2.45, 2.75) is 151 Å². The third kappa shape index (κ3) is 10.3. The standard InChI is InChI=1S/C37H59IN2O17S/c1-10-39-18-13-51-22(12-20(18)47-6)55-32-26(43)28(16(4)53-35(32)45)57-40-21-11-19(41)34(17(5)52-21)58-36(46)23-14(2)24(38)30(33(50-9)29(23)48-7)56-37-27(44)31(49-8)25(42)15(3)54-37/h15-22,25-28,31-32,34-35,37,39-45H,10-13H2,1-9H3/t15-,16+,17+,18-,19-,20-,21+,22-,25-,26-,27+,28+,31+,32+,34+,35+,37-/m0/s1. The van der Waals surface area contributed by atoms with Crippen LogP contribution in [0.25, 0.3) is 0 Å². The number of likely N-dealkylation sites (N-methyl/N-ethyl adjacent to an activating group) is 1. The molecule has 0 saturated carbocycles. The smallest absolute Gasteiger partial charge is 0.229 e. The number of thioether (sulfide) groups is 1. The van der Waals surface area contributed by atoms with Crippen LogP contribution in [0.5, 0.6) is 17.2 Å². The molecule has 19 nitrogen and oxygen atoms in total. The Morgan fingerprint density at radius 3 is 2.17 bits per heavy atom. The van der Waals surface area contributed by atoms with E-state index in [9.17, 15) is 30.3 Å². The zero-order valence-corrected chi connectivity index (χ0v) is 37.0. The Balaban J connectivity index is 1.22. The number of aliphatic hydroxyl groups is 5. The highest BCUT2D eigenvalue weighted by Gasteiger charge is 2.49. The van der Waals surface area contributed by atoms with E-state index in [1.165, 1.54) is 21.3 Å². The lowest BCUT2D eigenvalue weighted by atomic mass is 9.99. The van der Waals surface area contributed by atoms with E-state index in [1.54, 1.807) is 34.8 Å². The van der Waals surface area contributed by atoms with E-state index in [2.05, 4.69) is 10.8 Å². The van der Waals surface area contributed by atoms with Crippen LogP contribution in [0.2, 0.25) is 0 Å². The minimum absolute atomic E-state index is 0.0141. The molecule has 0 amide bonds. The summed E-state index contributed by atoms with van der Waals surface area (Å²) in [5, 5.41) is 56.8. The first-order chi connectivity index (χ1) is 27.6. The van der Waals surface area contributed by atoms with Gasteiger partial charge in [0.05, 0.1) is 71.8 Å². The van der Waals surface area contributed by atoms with Crippen molar-refractivity contribution in [3.8, 4) is 17.2 Å². The fourth-order valence-corrected chi connectivity index (χ4v) is 9.45. The summed E-state index contributed by atoms with van der Waals surface area (Å²) in [5.74, 6) is 0.300. The maximum Gasteiger partial charge on any atom is 0.229 e. The average molecular weight is 963 g/mol. The van der Waals surface area contributed by atoms with Gasteiger partial charge in [-0.3, -0.25) is 9.63 Å². The van der Waals surface area contributed by atoms with Crippen LogP contribution in [0.4, 0.5) is 0 Å². The van der Waals surface area contributed by atoms with Gasteiger partial charge in [0.15, 0.2) is 24.1 Å². The Morgan fingerprint density at radius 1 is 0.845 bits per heavy atom. The number of halogens is 1. The van der Waals surface area contributed by atoms with Crippen molar-refractivity contribution in [1.29, 1.82) is 0 Å². The first-order valence-corrected chi connectivity index (χ1v) is 21.2. The molecule has 7 N–H and O–H groups in total. The second kappa shape index (κ2) is 21.2. The van der Waals surface area contributed by atoms with Gasteiger partial charge >= 0.3 is 0 Å². The van der Waals surface area contributed by atoms with Crippen molar-refractivity contribution in [3.63, 3.8) is 0 Å². The van der Waals surface area contributed by atoms with Gasteiger partial charge in [0, 0.05) is 27.1 Å². The van der Waals surface area contributed by atoms with E-state index in [1.807, 2.05) is 29.5 Å². The molecule has 0 spiro atoms. The van der Waals surface area contributed by atoms with Crippen LogP contribution in [0.1, 0.15) is 56.5 Å². The molecule has 1 aromatic carbocycles. The number of hydroxylamine groups is 1. The summed E-state index contributed by atoms with van der Waals surface area (Å²) in [6, 6.07) is -0.0337. The molecule has 0 aromatic heterocycles. The van der Waals surface area contributed by atoms with E-state index in [-0.39, 0.29) is 41.4 Å². The predicted molar refractivity (Wildman–Crippen MR) is 214 cm³/mol. The predicted octanol–water partition coefficient (Wildman–Crippen LogP) is 0.328. The van der Waals surface area contributed by atoms with Crippen LogP contribution in [-0.2, 0) is 38.0 Å². The van der Waals surface area contributed by atoms with E-state index in [0.717, 1.165) is 18.3 Å². The van der Waals surface area contributed by atoms with Crippen LogP contribution in [-0.4, -0.2) is 176 Å². The summed E-state index contributed by atoms with van der Waals surface area (Å²) in [6.45, 7) is 9.71. The van der Waals surface area contributed by atoms with Gasteiger partial charge in [-0.1, -0.05) is 18.7 Å². The highest BCUT2D eigenvalue weighted by Crippen LogP contribution is 2.48. The van der Waals surface area contributed by atoms with E-state index >= 15 is 0 Å². The molecule has 0 unspecified atom stereocenters. The van der Waals surface area contributed by atoms with Crippen molar-refractivity contribution in [2.24, 2.45) is 0 Å². The quantitative estimate of drug-likeness (QED) is 0.0925. The summed E-state index contributed by atoms with van der Waals surface area (Å²) in [7, 11) is 5.73. The lowest BCUT2D eigenvalue weighted by Crippen LogP contribution is -2.62. The molecule has 4 aliphatic heterocycles. The van der Waals surface area contributed by atoms with Crippen LogP contribution in [0.3, 0.4) is 0 Å². The number of rotatable bonds is 15. The van der Waals surface area contributed by atoms with Gasteiger partial charge in [-0.05, 0) is 62.4 Å². The summed E-state index contributed by atoms with van der Waals surface area (Å²) in [5.41, 5.74) is 3.45. The van der Waals surface area contributed by atoms with Crippen molar-refractivity contribution >= 4 is 39.5 Å². The van der Waals surface area contributed by atoms with Crippen molar-refractivity contribution in [3.05, 3.63) is 14.7 Å². The third-order valence-electron chi connectivity index (χ3n) is 10.9. The Bertz CT molecular complexity index is 1510. The zero-order valence-electron chi connectivity index (χ0n) is 34.1. The fraction of sp³-hybridized carbons (Fsp3) is 0.811. The maximum atomic E-state index is 14.1. The molecule has 4 aliphatic rings. The molecule has 4 fully saturated rings. The van der Waals surface area contributed by atoms with Crippen LogP contribution < -0.4 is 25.0 Å². The Labute approximate surface area is 356 Å². The fourth-order valence-electron chi connectivity index (χ4n) is 7.68. The van der Waals surface area contributed by atoms with Gasteiger partial charge in [-0.25, -0.2) is 0 Å². The summed E-state index contributed by atoms with van der Waals surface area (Å²) < 4.78 is 58.3. The number of aliphatic hydroxyl groups excluding tert-OH is 5. The number of ether oxygens (including phenoxy) is 10. The molecular weight excluding hydrogens is 903 g/mol. The molecule has 4 saturated heterocycles. The number of carbonyl (C=O) groups is 1. The minimum Gasteiger partial charge on any atom is -0.492 e. The third-order valence-corrected chi connectivity index (χ3v) is 13.6. The number of nitrogens with one attached hydrogen (secondary N) is 2. The topological polar surface area (TPSA) is 244 Å². The number of carbonyl (C=O) groups excluding carboxylic acids is 1. The van der Waals surface area contributed by atoms with Gasteiger partial charge in [0.2, 0.25) is 17.2 Å². The average Bonchev–Trinajstić information content (AvgIpc) is 3.18. The van der Waals surface area contributed by atoms with E-state index in [4.69, 9.17) is 52.2 Å². The zero-order chi connectivity index (χ0) is 42.6.